The average Bonchev–Trinajstić information content (AvgIpc) is 3.27. The predicted molar refractivity (Wildman–Crippen MR) is 122 cm³/mol. The number of pyridine rings is 2. The summed E-state index contributed by atoms with van der Waals surface area (Å²) in [5, 5.41) is 5.20. The van der Waals surface area contributed by atoms with Crippen LogP contribution >= 0.6 is 11.3 Å². The van der Waals surface area contributed by atoms with E-state index in [4.69, 9.17) is 4.74 Å². The second-order valence-corrected chi connectivity index (χ2v) is 8.15. The van der Waals surface area contributed by atoms with Crippen LogP contribution in [-0.2, 0) is 0 Å². The molecule has 4 heterocycles. The molecular formula is C23H23N5O2S. The fraction of sp³-hybridized carbons (Fsp3) is 0.261. The van der Waals surface area contributed by atoms with Crippen molar-refractivity contribution in [3.63, 3.8) is 0 Å². The Hall–Kier alpha value is -3.39. The van der Waals surface area contributed by atoms with Gasteiger partial charge in [0.1, 0.15) is 11.4 Å². The topological polar surface area (TPSA) is 89.9 Å². The first-order valence-corrected chi connectivity index (χ1v) is 11.0. The largest absolute Gasteiger partial charge is 0.489 e. The number of thiophene rings is 1. The first-order valence-electron chi connectivity index (χ1n) is 10.1. The summed E-state index contributed by atoms with van der Waals surface area (Å²) in [6.07, 6.45) is 5.91. The highest BCUT2D eigenvalue weighted by Crippen LogP contribution is 2.26. The molecule has 2 atom stereocenters. The Morgan fingerprint density at radius 2 is 2.03 bits per heavy atom. The van der Waals surface area contributed by atoms with Crippen molar-refractivity contribution in [3.8, 4) is 5.75 Å². The molecule has 0 saturated heterocycles. The first-order chi connectivity index (χ1) is 15.1. The number of Topliss-reactive ketones (excluding diaryl/α,β-unsaturated/α-hetero) is 1. The summed E-state index contributed by atoms with van der Waals surface area (Å²) >= 11 is 1.48. The van der Waals surface area contributed by atoms with Crippen molar-refractivity contribution in [3.05, 3.63) is 71.8 Å². The van der Waals surface area contributed by atoms with E-state index in [0.717, 1.165) is 15.9 Å². The summed E-state index contributed by atoms with van der Waals surface area (Å²) in [5.41, 5.74) is 2.09. The van der Waals surface area contributed by atoms with Crippen LogP contribution in [0.2, 0.25) is 0 Å². The standard InChI is InChI=1S/C23H23N5O2S/c1-15(30-17-6-5-11-24-14-17)8-9-20(29)21-22-19(10-13-31-22)27-23(28-21)26-16(2)18-7-3-4-12-25-18/h3-7,10-16H,8-9H2,1-2H3,(H,26,27,28)/t15?,16-/m0/s1. The molecule has 4 rings (SSSR count). The van der Waals surface area contributed by atoms with Crippen molar-refractivity contribution >= 4 is 33.3 Å². The number of hydrogen-bond acceptors (Lipinski definition) is 8. The lowest BCUT2D eigenvalue weighted by molar-refractivity contribution is 0.0955. The third-order valence-corrected chi connectivity index (χ3v) is 5.70. The molecule has 31 heavy (non-hydrogen) atoms. The smallest absolute Gasteiger partial charge is 0.224 e. The number of nitrogens with one attached hydrogen (secondary N) is 1. The van der Waals surface area contributed by atoms with Crippen LogP contribution in [-0.4, -0.2) is 31.8 Å². The van der Waals surface area contributed by atoms with Crippen molar-refractivity contribution in [2.24, 2.45) is 0 Å². The van der Waals surface area contributed by atoms with Gasteiger partial charge in [-0.25, -0.2) is 9.97 Å². The van der Waals surface area contributed by atoms with E-state index in [9.17, 15) is 4.79 Å². The molecule has 0 bridgehead atoms. The Morgan fingerprint density at radius 3 is 2.81 bits per heavy atom. The van der Waals surface area contributed by atoms with E-state index in [-0.39, 0.29) is 17.9 Å². The van der Waals surface area contributed by atoms with Gasteiger partial charge in [-0.05, 0) is 56.0 Å². The Morgan fingerprint density at radius 1 is 1.13 bits per heavy atom. The van der Waals surface area contributed by atoms with Crippen molar-refractivity contribution < 1.29 is 9.53 Å². The van der Waals surface area contributed by atoms with Crippen LogP contribution in [0.3, 0.4) is 0 Å². The molecule has 0 spiro atoms. The summed E-state index contributed by atoms with van der Waals surface area (Å²) in [7, 11) is 0. The highest BCUT2D eigenvalue weighted by atomic mass is 32.1. The number of carbonyl (C=O) groups excluding carboxylic acids is 1. The third-order valence-electron chi connectivity index (χ3n) is 4.79. The van der Waals surface area contributed by atoms with E-state index < -0.39 is 0 Å². The van der Waals surface area contributed by atoms with Crippen LogP contribution in [0, 0.1) is 0 Å². The number of ether oxygens (including phenoxy) is 1. The number of anilines is 1. The molecule has 0 aliphatic heterocycles. The number of rotatable bonds is 9. The Bertz CT molecular complexity index is 1150. The van der Waals surface area contributed by atoms with Crippen LogP contribution in [0.25, 0.3) is 10.2 Å². The molecule has 4 aromatic heterocycles. The van der Waals surface area contributed by atoms with Gasteiger partial charge >= 0.3 is 0 Å². The van der Waals surface area contributed by atoms with Crippen molar-refractivity contribution in [1.29, 1.82) is 0 Å². The molecule has 1 unspecified atom stereocenters. The molecule has 0 fully saturated rings. The van der Waals surface area contributed by atoms with Gasteiger partial charge in [0.2, 0.25) is 5.95 Å². The fourth-order valence-electron chi connectivity index (χ4n) is 3.18. The Kier molecular flexibility index (Phi) is 6.47. The van der Waals surface area contributed by atoms with Gasteiger partial charge in [0.25, 0.3) is 0 Å². The normalized spacial score (nSPS) is 13.0. The maximum absolute atomic E-state index is 13.0. The van der Waals surface area contributed by atoms with Gasteiger partial charge in [-0.2, -0.15) is 0 Å². The molecule has 158 valence electrons. The second kappa shape index (κ2) is 9.61. The number of aromatic nitrogens is 4. The number of hydrogen-bond donors (Lipinski definition) is 1. The minimum absolute atomic E-state index is 0.0231. The molecule has 0 amide bonds. The highest BCUT2D eigenvalue weighted by Gasteiger charge is 2.19. The van der Waals surface area contributed by atoms with Crippen LogP contribution in [0.1, 0.15) is 48.9 Å². The molecular weight excluding hydrogens is 410 g/mol. The van der Waals surface area contributed by atoms with Crippen molar-refractivity contribution in [2.75, 3.05) is 5.32 Å². The SMILES string of the molecule is CC(CCC(=O)c1nc(N[C@@H](C)c2ccccn2)nc2ccsc12)Oc1cccnc1. The minimum Gasteiger partial charge on any atom is -0.489 e. The molecule has 7 nitrogen and oxygen atoms in total. The van der Waals surface area contributed by atoms with E-state index in [1.165, 1.54) is 11.3 Å². The number of ketones is 1. The van der Waals surface area contributed by atoms with Crippen molar-refractivity contribution in [2.45, 2.75) is 38.8 Å². The summed E-state index contributed by atoms with van der Waals surface area (Å²) in [4.78, 5) is 30.6. The molecule has 0 saturated carbocycles. The lowest BCUT2D eigenvalue weighted by Gasteiger charge is -2.15. The van der Waals surface area contributed by atoms with E-state index in [0.29, 0.717) is 30.2 Å². The molecule has 1 N–H and O–H groups in total. The van der Waals surface area contributed by atoms with Gasteiger partial charge in [-0.1, -0.05) is 6.07 Å². The summed E-state index contributed by atoms with van der Waals surface area (Å²) in [6, 6.07) is 11.2. The first kappa shape index (κ1) is 20.9. The molecule has 4 aromatic rings. The van der Waals surface area contributed by atoms with E-state index in [1.807, 2.05) is 55.6 Å². The van der Waals surface area contributed by atoms with Gasteiger partial charge < -0.3 is 10.1 Å². The maximum atomic E-state index is 13.0. The van der Waals surface area contributed by atoms with Crippen LogP contribution in [0.5, 0.6) is 5.75 Å². The van der Waals surface area contributed by atoms with Gasteiger partial charge in [-0.15, -0.1) is 11.3 Å². The predicted octanol–water partition coefficient (Wildman–Crippen LogP) is 5.08. The zero-order valence-corrected chi connectivity index (χ0v) is 18.2. The van der Waals surface area contributed by atoms with E-state index in [1.54, 1.807) is 18.6 Å². The Labute approximate surface area is 184 Å². The number of fused-ring (bicyclic) bond motifs is 1. The molecule has 0 aliphatic rings. The molecule has 0 aliphatic carbocycles. The van der Waals surface area contributed by atoms with Gasteiger partial charge in [0, 0.05) is 18.8 Å². The van der Waals surface area contributed by atoms with E-state index in [2.05, 4.69) is 25.3 Å². The van der Waals surface area contributed by atoms with Gasteiger partial charge in [0.15, 0.2) is 5.78 Å². The Balaban J connectivity index is 1.47. The number of nitrogens with zero attached hydrogens (tertiary/aromatic N) is 4. The lowest BCUT2D eigenvalue weighted by Crippen LogP contribution is -2.16. The molecule has 0 aromatic carbocycles. The van der Waals surface area contributed by atoms with Crippen LogP contribution in [0.15, 0.2) is 60.4 Å². The average molecular weight is 434 g/mol. The maximum Gasteiger partial charge on any atom is 0.224 e. The molecule has 0 radical (unpaired) electrons. The summed E-state index contributed by atoms with van der Waals surface area (Å²) < 4.78 is 6.64. The van der Waals surface area contributed by atoms with Crippen LogP contribution in [0.4, 0.5) is 5.95 Å². The number of carbonyl (C=O) groups is 1. The monoisotopic (exact) mass is 433 g/mol. The minimum atomic E-state index is -0.115. The zero-order chi connectivity index (χ0) is 21.6. The van der Waals surface area contributed by atoms with Gasteiger partial charge in [0.05, 0.1) is 34.3 Å². The lowest BCUT2D eigenvalue weighted by atomic mass is 10.1. The van der Waals surface area contributed by atoms with E-state index >= 15 is 0 Å². The summed E-state index contributed by atoms with van der Waals surface area (Å²) in [5.74, 6) is 1.09. The second-order valence-electron chi connectivity index (χ2n) is 7.23. The van der Waals surface area contributed by atoms with Crippen LogP contribution < -0.4 is 10.1 Å². The quantitative estimate of drug-likeness (QED) is 0.368. The van der Waals surface area contributed by atoms with Crippen molar-refractivity contribution in [1.82, 2.24) is 19.9 Å². The molecule has 8 heteroatoms. The van der Waals surface area contributed by atoms with Gasteiger partial charge in [-0.3, -0.25) is 14.8 Å². The summed E-state index contributed by atoms with van der Waals surface area (Å²) in [6.45, 7) is 3.94. The zero-order valence-electron chi connectivity index (χ0n) is 17.4. The fourth-order valence-corrected chi connectivity index (χ4v) is 4.02. The highest BCUT2D eigenvalue weighted by molar-refractivity contribution is 7.17. The third kappa shape index (κ3) is 5.21.